The zero-order valence-corrected chi connectivity index (χ0v) is 7.66. The Morgan fingerprint density at radius 2 is 2.43 bits per heavy atom. The molecule has 1 heterocycles. The van der Waals surface area contributed by atoms with Crippen LogP contribution in [0.1, 0.15) is 12.8 Å². The Morgan fingerprint density at radius 3 is 3.07 bits per heavy atom. The third-order valence-electron chi connectivity index (χ3n) is 1.99. The lowest BCUT2D eigenvalue weighted by molar-refractivity contribution is -0.112. The number of hydrogen-bond acceptors (Lipinski definition) is 2. The van der Waals surface area contributed by atoms with Crippen LogP contribution in [0.4, 0.5) is 5.95 Å². The number of aromatic amines is 1. The zero-order chi connectivity index (χ0) is 9.80. The molecule has 0 fully saturated rings. The number of hydrogen-bond donors (Lipinski definition) is 2. The average Bonchev–Trinajstić information content (AvgIpc) is 2.72. The van der Waals surface area contributed by atoms with Crippen LogP contribution in [0.15, 0.2) is 36.2 Å². The largest absolute Gasteiger partial charge is 0.331 e. The van der Waals surface area contributed by atoms with E-state index in [-0.39, 0.29) is 5.91 Å². The summed E-state index contributed by atoms with van der Waals surface area (Å²) in [6, 6.07) is 0. The van der Waals surface area contributed by atoms with Gasteiger partial charge in [-0.15, -0.1) is 0 Å². The van der Waals surface area contributed by atoms with Crippen molar-refractivity contribution in [2.75, 3.05) is 5.32 Å². The van der Waals surface area contributed by atoms with E-state index in [2.05, 4.69) is 15.3 Å². The van der Waals surface area contributed by atoms with Gasteiger partial charge in [0.25, 0.3) is 5.91 Å². The molecule has 0 radical (unpaired) electrons. The van der Waals surface area contributed by atoms with Gasteiger partial charge in [-0.25, -0.2) is 4.98 Å². The molecule has 72 valence electrons. The van der Waals surface area contributed by atoms with Crippen LogP contribution in [0.5, 0.6) is 0 Å². The highest BCUT2D eigenvalue weighted by atomic mass is 16.1. The zero-order valence-electron chi connectivity index (χ0n) is 7.66. The van der Waals surface area contributed by atoms with Gasteiger partial charge in [-0.1, -0.05) is 18.2 Å². The number of amides is 1. The van der Waals surface area contributed by atoms with Gasteiger partial charge in [0.15, 0.2) is 0 Å². The fourth-order valence-corrected chi connectivity index (χ4v) is 1.30. The van der Waals surface area contributed by atoms with Gasteiger partial charge >= 0.3 is 0 Å². The molecule has 2 N–H and O–H groups in total. The van der Waals surface area contributed by atoms with Gasteiger partial charge < -0.3 is 4.98 Å². The molecule has 1 aromatic heterocycles. The van der Waals surface area contributed by atoms with Gasteiger partial charge in [-0.05, 0) is 12.8 Å². The molecule has 0 unspecified atom stereocenters. The molecule has 14 heavy (non-hydrogen) atoms. The van der Waals surface area contributed by atoms with Gasteiger partial charge in [0.2, 0.25) is 5.95 Å². The predicted molar refractivity (Wildman–Crippen MR) is 53.7 cm³/mol. The summed E-state index contributed by atoms with van der Waals surface area (Å²) < 4.78 is 0. The minimum Gasteiger partial charge on any atom is -0.331 e. The summed E-state index contributed by atoms with van der Waals surface area (Å²) in [6.45, 7) is 0. The van der Waals surface area contributed by atoms with E-state index in [9.17, 15) is 4.79 Å². The minimum absolute atomic E-state index is 0.115. The SMILES string of the molecule is O=C(Nc1ncc[nH]1)C1=CCCC=C1. The van der Waals surface area contributed by atoms with Gasteiger partial charge in [0, 0.05) is 18.0 Å². The number of carbonyl (C=O) groups is 1. The molecule has 4 heteroatoms. The second kappa shape index (κ2) is 3.91. The van der Waals surface area contributed by atoms with E-state index in [0.29, 0.717) is 11.5 Å². The molecule has 1 amide bonds. The van der Waals surface area contributed by atoms with Crippen molar-refractivity contribution in [3.05, 3.63) is 36.2 Å². The lowest BCUT2D eigenvalue weighted by Crippen LogP contribution is -2.14. The summed E-state index contributed by atoms with van der Waals surface area (Å²) >= 11 is 0. The number of allylic oxidation sites excluding steroid dienone is 2. The molecule has 1 aromatic rings. The molecule has 0 bridgehead atoms. The summed E-state index contributed by atoms with van der Waals surface area (Å²) in [5.41, 5.74) is 0.702. The molecular formula is C10H11N3O. The van der Waals surface area contributed by atoms with E-state index >= 15 is 0 Å². The van der Waals surface area contributed by atoms with Crippen molar-refractivity contribution in [2.24, 2.45) is 0 Å². The molecule has 1 aliphatic carbocycles. The highest BCUT2D eigenvalue weighted by Gasteiger charge is 2.08. The average molecular weight is 189 g/mol. The van der Waals surface area contributed by atoms with Gasteiger partial charge in [0.05, 0.1) is 0 Å². The summed E-state index contributed by atoms with van der Waals surface area (Å²) in [7, 11) is 0. The first kappa shape index (κ1) is 8.74. The molecule has 0 spiro atoms. The summed E-state index contributed by atoms with van der Waals surface area (Å²) in [5.74, 6) is 0.366. The molecule has 1 aliphatic rings. The van der Waals surface area contributed by atoms with E-state index in [4.69, 9.17) is 0 Å². The van der Waals surface area contributed by atoms with Crippen molar-refractivity contribution in [1.82, 2.24) is 9.97 Å². The Bertz CT molecular complexity index is 376. The summed E-state index contributed by atoms with van der Waals surface area (Å²) in [6.07, 6.45) is 11.0. The Labute approximate surface area is 81.7 Å². The van der Waals surface area contributed by atoms with E-state index in [1.54, 1.807) is 12.4 Å². The van der Waals surface area contributed by atoms with Crippen molar-refractivity contribution < 1.29 is 4.79 Å². The lowest BCUT2D eigenvalue weighted by atomic mass is 10.1. The molecule has 4 nitrogen and oxygen atoms in total. The molecular weight excluding hydrogens is 178 g/mol. The third kappa shape index (κ3) is 1.90. The molecule has 0 saturated carbocycles. The molecule has 0 aliphatic heterocycles. The Kier molecular flexibility index (Phi) is 2.44. The van der Waals surface area contributed by atoms with Crippen LogP contribution >= 0.6 is 0 Å². The monoisotopic (exact) mass is 189 g/mol. The fourth-order valence-electron chi connectivity index (χ4n) is 1.30. The maximum atomic E-state index is 11.6. The van der Waals surface area contributed by atoms with Gasteiger partial charge in [0.1, 0.15) is 0 Å². The van der Waals surface area contributed by atoms with E-state index in [0.717, 1.165) is 12.8 Å². The maximum Gasteiger partial charge on any atom is 0.257 e. The standard InChI is InChI=1S/C10H11N3O/c14-9(8-4-2-1-3-5-8)13-10-11-6-7-12-10/h2,4-7H,1,3H2,(H2,11,12,13,14). The fraction of sp³-hybridized carbons (Fsp3) is 0.200. The first-order valence-corrected chi connectivity index (χ1v) is 4.54. The molecule has 2 rings (SSSR count). The minimum atomic E-state index is -0.115. The van der Waals surface area contributed by atoms with Crippen LogP contribution in [-0.2, 0) is 4.79 Å². The number of nitrogens with zero attached hydrogens (tertiary/aromatic N) is 1. The Hall–Kier alpha value is -1.84. The van der Waals surface area contributed by atoms with E-state index in [1.807, 2.05) is 18.2 Å². The first-order valence-electron chi connectivity index (χ1n) is 4.54. The quantitative estimate of drug-likeness (QED) is 0.742. The number of nitrogens with one attached hydrogen (secondary N) is 2. The van der Waals surface area contributed by atoms with Crippen molar-refractivity contribution in [2.45, 2.75) is 12.8 Å². The highest BCUT2D eigenvalue weighted by Crippen LogP contribution is 2.11. The third-order valence-corrected chi connectivity index (χ3v) is 1.99. The molecule has 0 aromatic carbocycles. The normalized spacial score (nSPS) is 15.0. The number of anilines is 1. The number of H-pyrrole nitrogens is 1. The number of rotatable bonds is 2. The van der Waals surface area contributed by atoms with E-state index in [1.165, 1.54) is 0 Å². The van der Waals surface area contributed by atoms with Crippen LogP contribution < -0.4 is 5.32 Å². The van der Waals surface area contributed by atoms with Crippen LogP contribution in [-0.4, -0.2) is 15.9 Å². The van der Waals surface area contributed by atoms with Crippen molar-refractivity contribution in [1.29, 1.82) is 0 Å². The summed E-state index contributed by atoms with van der Waals surface area (Å²) in [4.78, 5) is 18.3. The van der Waals surface area contributed by atoms with Crippen LogP contribution in [0, 0.1) is 0 Å². The lowest BCUT2D eigenvalue weighted by Gasteiger charge is -2.05. The van der Waals surface area contributed by atoms with E-state index < -0.39 is 0 Å². The second-order valence-electron chi connectivity index (χ2n) is 3.03. The van der Waals surface area contributed by atoms with Crippen molar-refractivity contribution in [3.8, 4) is 0 Å². The summed E-state index contributed by atoms with van der Waals surface area (Å²) in [5, 5.41) is 2.67. The molecule has 0 atom stereocenters. The van der Waals surface area contributed by atoms with Crippen LogP contribution in [0.2, 0.25) is 0 Å². The maximum absolute atomic E-state index is 11.6. The molecule has 0 saturated heterocycles. The van der Waals surface area contributed by atoms with Crippen LogP contribution in [0.3, 0.4) is 0 Å². The first-order chi connectivity index (χ1) is 6.86. The highest BCUT2D eigenvalue weighted by molar-refractivity contribution is 6.04. The number of imidazole rings is 1. The van der Waals surface area contributed by atoms with Crippen molar-refractivity contribution >= 4 is 11.9 Å². The Morgan fingerprint density at radius 1 is 1.50 bits per heavy atom. The van der Waals surface area contributed by atoms with Crippen LogP contribution in [0.25, 0.3) is 0 Å². The number of aromatic nitrogens is 2. The topological polar surface area (TPSA) is 57.8 Å². The number of carbonyl (C=O) groups excluding carboxylic acids is 1. The van der Waals surface area contributed by atoms with Gasteiger partial charge in [-0.3, -0.25) is 10.1 Å². The smallest absolute Gasteiger partial charge is 0.257 e. The second-order valence-corrected chi connectivity index (χ2v) is 3.03. The Balaban J connectivity index is 2.02. The van der Waals surface area contributed by atoms with Gasteiger partial charge in [-0.2, -0.15) is 0 Å². The van der Waals surface area contributed by atoms with Crippen molar-refractivity contribution in [3.63, 3.8) is 0 Å². The predicted octanol–water partition coefficient (Wildman–Crippen LogP) is 1.62.